The molecular weight excluding hydrogens is 268 g/mol. The Balaban J connectivity index is 2.03. The van der Waals surface area contributed by atoms with Gasteiger partial charge in [0.15, 0.2) is 0 Å². The molecule has 0 fully saturated rings. The van der Waals surface area contributed by atoms with Gasteiger partial charge in [0.2, 0.25) is 0 Å². The van der Waals surface area contributed by atoms with Gasteiger partial charge < -0.3 is 14.6 Å². The molecule has 1 aromatic heterocycles. The third kappa shape index (κ3) is 3.77. The first-order valence-electron chi connectivity index (χ1n) is 7.42. The summed E-state index contributed by atoms with van der Waals surface area (Å²) in [5.41, 5.74) is 0.561. The van der Waals surface area contributed by atoms with Crippen molar-refractivity contribution in [1.82, 2.24) is 10.5 Å². The molecule has 1 aliphatic rings. The zero-order valence-corrected chi connectivity index (χ0v) is 13.9. The van der Waals surface area contributed by atoms with Gasteiger partial charge in [-0.2, -0.15) is 0 Å². The molecule has 5 heteroatoms. The van der Waals surface area contributed by atoms with E-state index in [-0.39, 0.29) is 16.9 Å². The molecule has 2 rings (SSSR count). The van der Waals surface area contributed by atoms with Gasteiger partial charge in [0.1, 0.15) is 11.4 Å². The maximum atomic E-state index is 11.8. The Hall–Kier alpha value is -1.52. The minimum atomic E-state index is -0.474. The van der Waals surface area contributed by atoms with Crippen molar-refractivity contribution < 1.29 is 14.1 Å². The van der Waals surface area contributed by atoms with Gasteiger partial charge in [-0.25, -0.2) is 4.79 Å². The molecule has 1 atom stereocenters. The van der Waals surface area contributed by atoms with E-state index >= 15 is 0 Å². The molecule has 5 nitrogen and oxygen atoms in total. The van der Waals surface area contributed by atoms with Crippen LogP contribution in [-0.4, -0.2) is 23.4 Å². The van der Waals surface area contributed by atoms with Crippen LogP contribution in [0.5, 0.6) is 0 Å². The molecule has 1 N–H and O–H groups in total. The van der Waals surface area contributed by atoms with Crippen molar-refractivity contribution in [2.24, 2.45) is 5.41 Å². The summed E-state index contributed by atoms with van der Waals surface area (Å²) in [7, 11) is 0. The number of fused-ring (bicyclic) bond motifs is 1. The summed E-state index contributed by atoms with van der Waals surface area (Å²) >= 11 is 0. The number of hydrogen-bond acceptors (Lipinski definition) is 4. The highest BCUT2D eigenvalue weighted by atomic mass is 16.6. The lowest BCUT2D eigenvalue weighted by molar-refractivity contribution is 0.0486. The van der Waals surface area contributed by atoms with Crippen LogP contribution < -0.4 is 5.32 Å². The van der Waals surface area contributed by atoms with Crippen molar-refractivity contribution in [3.63, 3.8) is 0 Å². The predicted molar refractivity (Wildman–Crippen MR) is 80.2 cm³/mol. The van der Waals surface area contributed by atoms with E-state index in [1.54, 1.807) is 6.20 Å². The fourth-order valence-corrected chi connectivity index (χ4v) is 3.34. The van der Waals surface area contributed by atoms with Gasteiger partial charge in [0.25, 0.3) is 0 Å². The van der Waals surface area contributed by atoms with Crippen LogP contribution in [0.15, 0.2) is 10.7 Å². The number of carbonyl (C=O) groups excluding carboxylic acids is 1. The second-order valence-corrected chi connectivity index (χ2v) is 8.08. The van der Waals surface area contributed by atoms with Crippen LogP contribution in [0.1, 0.15) is 59.3 Å². The third-order valence-electron chi connectivity index (χ3n) is 3.80. The standard InChI is InChI=1S/C16H26N2O3/c1-14(2,3)20-13(19)17-10-16(6)7-11-8-18-21-12(11)15(4,5)9-16/h8H,7,9-10H2,1-6H3,(H,17,19). The smallest absolute Gasteiger partial charge is 0.407 e. The van der Waals surface area contributed by atoms with Gasteiger partial charge in [-0.1, -0.05) is 25.9 Å². The summed E-state index contributed by atoms with van der Waals surface area (Å²) in [4.78, 5) is 11.8. The molecule has 1 aliphatic carbocycles. The van der Waals surface area contributed by atoms with E-state index in [2.05, 4.69) is 31.2 Å². The fraction of sp³-hybridized carbons (Fsp3) is 0.750. The predicted octanol–water partition coefficient (Wildman–Crippen LogP) is 3.43. The molecule has 0 bridgehead atoms. The van der Waals surface area contributed by atoms with Gasteiger partial charge in [-0.15, -0.1) is 0 Å². The van der Waals surface area contributed by atoms with Crippen molar-refractivity contribution in [2.75, 3.05) is 6.54 Å². The number of rotatable bonds is 2. The number of hydrogen-bond donors (Lipinski definition) is 1. The summed E-state index contributed by atoms with van der Waals surface area (Å²) in [6.07, 6.45) is 3.21. The molecule has 0 aliphatic heterocycles. The number of alkyl carbamates (subject to hydrolysis) is 1. The zero-order chi connectivity index (χ0) is 15.9. The number of nitrogens with zero attached hydrogens (tertiary/aromatic N) is 1. The highest BCUT2D eigenvalue weighted by molar-refractivity contribution is 5.67. The largest absolute Gasteiger partial charge is 0.444 e. The Morgan fingerprint density at radius 2 is 2.10 bits per heavy atom. The van der Waals surface area contributed by atoms with Crippen LogP contribution in [0.25, 0.3) is 0 Å². The SMILES string of the molecule is CC1(CNC(=O)OC(C)(C)C)Cc2cnoc2C(C)(C)C1. The van der Waals surface area contributed by atoms with Crippen LogP contribution in [0.4, 0.5) is 4.79 Å². The number of nitrogens with one attached hydrogen (secondary N) is 1. The molecule has 0 saturated carbocycles. The molecule has 1 aromatic rings. The molecule has 1 amide bonds. The minimum Gasteiger partial charge on any atom is -0.444 e. The second kappa shape index (κ2) is 5.04. The van der Waals surface area contributed by atoms with Gasteiger partial charge in [0.05, 0.1) is 6.20 Å². The lowest BCUT2D eigenvalue weighted by Crippen LogP contribution is -2.45. The number of ether oxygens (including phenoxy) is 1. The average Bonchev–Trinajstić information content (AvgIpc) is 2.72. The van der Waals surface area contributed by atoms with E-state index in [1.807, 2.05) is 20.8 Å². The van der Waals surface area contributed by atoms with Crippen molar-refractivity contribution in [3.05, 3.63) is 17.5 Å². The highest BCUT2D eigenvalue weighted by Crippen LogP contribution is 2.45. The number of carbonyl (C=O) groups is 1. The van der Waals surface area contributed by atoms with E-state index < -0.39 is 5.60 Å². The maximum Gasteiger partial charge on any atom is 0.407 e. The van der Waals surface area contributed by atoms with Crippen molar-refractivity contribution >= 4 is 6.09 Å². The Kier molecular flexibility index (Phi) is 3.80. The van der Waals surface area contributed by atoms with Crippen LogP contribution in [0, 0.1) is 5.41 Å². The van der Waals surface area contributed by atoms with Crippen molar-refractivity contribution in [3.8, 4) is 0 Å². The summed E-state index contributed by atoms with van der Waals surface area (Å²) in [6, 6.07) is 0. The first-order chi connectivity index (χ1) is 9.51. The van der Waals surface area contributed by atoms with Crippen LogP contribution >= 0.6 is 0 Å². The van der Waals surface area contributed by atoms with E-state index in [1.165, 1.54) is 0 Å². The quantitative estimate of drug-likeness (QED) is 0.907. The highest BCUT2D eigenvalue weighted by Gasteiger charge is 2.43. The summed E-state index contributed by atoms with van der Waals surface area (Å²) in [5.74, 6) is 0.970. The number of aromatic nitrogens is 1. The average molecular weight is 294 g/mol. The molecule has 21 heavy (non-hydrogen) atoms. The molecule has 0 radical (unpaired) electrons. The lowest BCUT2D eigenvalue weighted by Gasteiger charge is -2.41. The Morgan fingerprint density at radius 3 is 2.71 bits per heavy atom. The minimum absolute atomic E-state index is 0.0288. The normalized spacial score (nSPS) is 24.3. The van der Waals surface area contributed by atoms with E-state index in [0.29, 0.717) is 6.54 Å². The molecule has 118 valence electrons. The Bertz CT molecular complexity index is 528. The molecule has 0 saturated heterocycles. The third-order valence-corrected chi connectivity index (χ3v) is 3.80. The summed E-state index contributed by atoms with van der Waals surface area (Å²) in [6.45, 7) is 12.7. The van der Waals surface area contributed by atoms with Crippen LogP contribution in [0.3, 0.4) is 0 Å². The fourth-order valence-electron chi connectivity index (χ4n) is 3.34. The van der Waals surface area contributed by atoms with E-state index in [4.69, 9.17) is 9.26 Å². The topological polar surface area (TPSA) is 64.4 Å². The van der Waals surface area contributed by atoms with Gasteiger partial charge in [-0.05, 0) is 39.0 Å². The van der Waals surface area contributed by atoms with Crippen LogP contribution in [-0.2, 0) is 16.6 Å². The van der Waals surface area contributed by atoms with Crippen LogP contribution in [0.2, 0.25) is 0 Å². The Labute approximate surface area is 126 Å². The molecule has 0 spiro atoms. The second-order valence-electron chi connectivity index (χ2n) is 8.08. The van der Waals surface area contributed by atoms with Crippen molar-refractivity contribution in [1.29, 1.82) is 0 Å². The Morgan fingerprint density at radius 1 is 1.43 bits per heavy atom. The lowest BCUT2D eigenvalue weighted by atomic mass is 9.64. The number of amides is 1. The molecule has 1 heterocycles. The van der Waals surface area contributed by atoms with E-state index in [9.17, 15) is 4.79 Å². The summed E-state index contributed by atoms with van der Waals surface area (Å²) < 4.78 is 10.7. The maximum absolute atomic E-state index is 11.8. The molecule has 1 unspecified atom stereocenters. The first-order valence-corrected chi connectivity index (χ1v) is 7.42. The molecular formula is C16H26N2O3. The van der Waals surface area contributed by atoms with Gasteiger partial charge in [0, 0.05) is 17.5 Å². The monoisotopic (exact) mass is 294 g/mol. The van der Waals surface area contributed by atoms with Gasteiger partial charge >= 0.3 is 6.09 Å². The first kappa shape index (κ1) is 15.9. The zero-order valence-electron chi connectivity index (χ0n) is 13.9. The summed E-state index contributed by atoms with van der Waals surface area (Å²) in [5, 5.41) is 6.82. The van der Waals surface area contributed by atoms with Crippen molar-refractivity contribution in [2.45, 2.75) is 65.4 Å². The van der Waals surface area contributed by atoms with Gasteiger partial charge in [-0.3, -0.25) is 0 Å². The van der Waals surface area contributed by atoms with E-state index in [0.717, 1.165) is 24.2 Å². The molecule has 0 aromatic carbocycles.